The van der Waals surface area contributed by atoms with Crippen LogP contribution in [0, 0.1) is 10.1 Å². The van der Waals surface area contributed by atoms with Crippen molar-refractivity contribution in [2.75, 3.05) is 0 Å². The van der Waals surface area contributed by atoms with Crippen LogP contribution in [0.25, 0.3) is 0 Å². The highest BCUT2D eigenvalue weighted by Crippen LogP contribution is 2.21. The molecule has 0 amide bonds. The zero-order chi connectivity index (χ0) is 17.3. The molecule has 0 aromatic heterocycles. The Hall–Kier alpha value is -2.19. The monoisotopic (exact) mass is 351 g/mol. The molecule has 0 radical (unpaired) electrons. The lowest BCUT2D eigenvalue weighted by atomic mass is 10.3. The third-order valence-corrected chi connectivity index (χ3v) is 6.51. The molecule has 2 rings (SSSR count). The summed E-state index contributed by atoms with van der Waals surface area (Å²) in [4.78, 5) is 9.93. The standard InChI is InChI=1S/C15H17NO5SSi/c1-23(2,3)15-7-5-4-6-14(15)21-22(19,20)13-10-8-12(9-11-13)16(17)18/h4-11H,1-3H3. The van der Waals surface area contributed by atoms with E-state index in [1.807, 2.05) is 12.1 Å². The molecule has 0 aliphatic heterocycles. The van der Waals surface area contributed by atoms with Crippen molar-refractivity contribution in [2.45, 2.75) is 24.5 Å². The first-order valence-electron chi connectivity index (χ1n) is 6.90. The second-order valence-corrected chi connectivity index (χ2v) is 12.6. The Bertz CT molecular complexity index is 826. The molecule has 0 unspecified atom stereocenters. The highest BCUT2D eigenvalue weighted by atomic mass is 32.2. The minimum atomic E-state index is -4.04. The molecule has 0 fully saturated rings. The summed E-state index contributed by atoms with van der Waals surface area (Å²) in [6.45, 7) is 6.27. The first-order chi connectivity index (χ1) is 10.6. The number of rotatable bonds is 5. The Morgan fingerprint density at radius 1 is 1.00 bits per heavy atom. The summed E-state index contributed by atoms with van der Waals surface area (Å²) in [7, 11) is -5.82. The largest absolute Gasteiger partial charge is 0.379 e. The fourth-order valence-electron chi connectivity index (χ4n) is 2.06. The van der Waals surface area contributed by atoms with Gasteiger partial charge in [0.05, 0.1) is 13.0 Å². The van der Waals surface area contributed by atoms with Crippen molar-refractivity contribution in [1.29, 1.82) is 0 Å². The number of nitrogens with zero attached hydrogens (tertiary/aromatic N) is 1. The van der Waals surface area contributed by atoms with Gasteiger partial charge < -0.3 is 4.18 Å². The van der Waals surface area contributed by atoms with Crippen molar-refractivity contribution in [1.82, 2.24) is 0 Å². The summed E-state index contributed by atoms with van der Waals surface area (Å²) < 4.78 is 30.1. The lowest BCUT2D eigenvalue weighted by Gasteiger charge is -2.20. The Labute approximate surface area is 136 Å². The van der Waals surface area contributed by atoms with Crippen molar-refractivity contribution >= 4 is 29.1 Å². The third-order valence-electron chi connectivity index (χ3n) is 3.23. The molecule has 0 spiro atoms. The summed E-state index contributed by atoms with van der Waals surface area (Å²) >= 11 is 0. The number of para-hydroxylation sites is 1. The smallest absolute Gasteiger partial charge is 0.339 e. The van der Waals surface area contributed by atoms with E-state index in [0.29, 0.717) is 5.75 Å². The fraction of sp³-hybridized carbons (Fsp3) is 0.200. The Morgan fingerprint density at radius 3 is 2.09 bits per heavy atom. The van der Waals surface area contributed by atoms with Gasteiger partial charge in [0.1, 0.15) is 10.6 Å². The molecular weight excluding hydrogens is 334 g/mol. The number of nitro groups is 1. The maximum absolute atomic E-state index is 12.4. The molecule has 122 valence electrons. The van der Waals surface area contributed by atoms with Gasteiger partial charge in [-0.2, -0.15) is 8.42 Å². The van der Waals surface area contributed by atoms with E-state index in [1.165, 1.54) is 12.1 Å². The van der Waals surface area contributed by atoms with Crippen molar-refractivity contribution in [3.63, 3.8) is 0 Å². The highest BCUT2D eigenvalue weighted by molar-refractivity contribution is 7.87. The van der Waals surface area contributed by atoms with Gasteiger partial charge in [0.2, 0.25) is 0 Å². The average molecular weight is 351 g/mol. The topological polar surface area (TPSA) is 86.5 Å². The lowest BCUT2D eigenvalue weighted by Crippen LogP contribution is -2.39. The molecule has 2 aromatic rings. The zero-order valence-electron chi connectivity index (χ0n) is 13.0. The van der Waals surface area contributed by atoms with Crippen LogP contribution < -0.4 is 9.37 Å². The molecule has 0 bridgehead atoms. The van der Waals surface area contributed by atoms with Gasteiger partial charge in [-0.1, -0.05) is 37.8 Å². The van der Waals surface area contributed by atoms with Crippen LogP contribution in [0.5, 0.6) is 5.75 Å². The molecule has 0 aliphatic carbocycles. The molecule has 0 atom stereocenters. The van der Waals surface area contributed by atoms with E-state index in [-0.39, 0.29) is 10.6 Å². The maximum Gasteiger partial charge on any atom is 0.339 e. The van der Waals surface area contributed by atoms with Crippen LogP contribution in [0.15, 0.2) is 53.4 Å². The Kier molecular flexibility index (Phi) is 4.57. The predicted molar refractivity (Wildman–Crippen MR) is 90.3 cm³/mol. The van der Waals surface area contributed by atoms with E-state index < -0.39 is 23.1 Å². The van der Waals surface area contributed by atoms with Gasteiger partial charge >= 0.3 is 10.1 Å². The molecule has 0 saturated carbocycles. The van der Waals surface area contributed by atoms with Gasteiger partial charge in [0.15, 0.2) is 0 Å². The number of benzene rings is 2. The minimum Gasteiger partial charge on any atom is -0.379 e. The summed E-state index contributed by atoms with van der Waals surface area (Å²) in [5, 5.41) is 11.5. The van der Waals surface area contributed by atoms with Crippen LogP contribution in [-0.4, -0.2) is 21.4 Å². The van der Waals surface area contributed by atoms with Gasteiger partial charge in [-0.15, -0.1) is 0 Å². The molecule has 0 heterocycles. The van der Waals surface area contributed by atoms with Crippen LogP contribution in [0.2, 0.25) is 19.6 Å². The number of non-ortho nitro benzene ring substituents is 1. The quantitative estimate of drug-likeness (QED) is 0.358. The second kappa shape index (κ2) is 6.13. The third kappa shape index (κ3) is 3.96. The number of hydrogen-bond acceptors (Lipinski definition) is 5. The predicted octanol–water partition coefficient (Wildman–Crippen LogP) is 2.91. The molecule has 2 aromatic carbocycles. The first-order valence-corrected chi connectivity index (χ1v) is 11.8. The van der Waals surface area contributed by atoms with E-state index in [9.17, 15) is 18.5 Å². The normalized spacial score (nSPS) is 12.0. The van der Waals surface area contributed by atoms with E-state index in [1.54, 1.807) is 12.1 Å². The van der Waals surface area contributed by atoms with Crippen molar-refractivity contribution in [2.24, 2.45) is 0 Å². The molecule has 0 N–H and O–H groups in total. The second-order valence-electron chi connectivity index (χ2n) is 6.03. The first kappa shape index (κ1) is 17.2. The maximum atomic E-state index is 12.4. The van der Waals surface area contributed by atoms with E-state index >= 15 is 0 Å². The van der Waals surface area contributed by atoms with Gasteiger partial charge in [-0.05, 0) is 23.4 Å². The van der Waals surface area contributed by atoms with Crippen LogP contribution >= 0.6 is 0 Å². The summed E-state index contributed by atoms with van der Waals surface area (Å²) in [5.74, 6) is 0.310. The lowest BCUT2D eigenvalue weighted by molar-refractivity contribution is -0.384. The van der Waals surface area contributed by atoms with Gasteiger partial charge in [0, 0.05) is 12.1 Å². The molecule has 23 heavy (non-hydrogen) atoms. The van der Waals surface area contributed by atoms with Crippen LogP contribution in [0.4, 0.5) is 5.69 Å². The Balaban J connectivity index is 2.38. The minimum absolute atomic E-state index is 0.117. The number of hydrogen-bond donors (Lipinski definition) is 0. The van der Waals surface area contributed by atoms with Gasteiger partial charge in [-0.25, -0.2) is 0 Å². The van der Waals surface area contributed by atoms with E-state index in [0.717, 1.165) is 17.3 Å². The molecular formula is C15H17NO5SSi. The zero-order valence-corrected chi connectivity index (χ0v) is 14.8. The molecule has 8 heteroatoms. The van der Waals surface area contributed by atoms with Crippen LogP contribution in [0.3, 0.4) is 0 Å². The molecule has 0 saturated heterocycles. The average Bonchev–Trinajstić information content (AvgIpc) is 2.46. The highest BCUT2D eigenvalue weighted by Gasteiger charge is 2.25. The summed E-state index contributed by atoms with van der Waals surface area (Å²) in [5.41, 5.74) is -0.175. The van der Waals surface area contributed by atoms with Crippen molar-refractivity contribution in [3.8, 4) is 5.75 Å². The van der Waals surface area contributed by atoms with Crippen molar-refractivity contribution in [3.05, 3.63) is 58.6 Å². The van der Waals surface area contributed by atoms with Crippen LogP contribution in [0.1, 0.15) is 0 Å². The van der Waals surface area contributed by atoms with E-state index in [2.05, 4.69) is 19.6 Å². The number of nitro benzene ring substituents is 1. The summed E-state index contributed by atoms with van der Waals surface area (Å²) in [6, 6.07) is 11.7. The van der Waals surface area contributed by atoms with Gasteiger partial charge in [0.25, 0.3) is 5.69 Å². The Morgan fingerprint density at radius 2 is 1.57 bits per heavy atom. The molecule has 6 nitrogen and oxygen atoms in total. The molecule has 0 aliphatic rings. The van der Waals surface area contributed by atoms with Gasteiger partial charge in [-0.3, -0.25) is 10.1 Å². The van der Waals surface area contributed by atoms with E-state index in [4.69, 9.17) is 4.18 Å². The fourth-order valence-corrected chi connectivity index (χ4v) is 4.55. The van der Waals surface area contributed by atoms with Crippen molar-refractivity contribution < 1.29 is 17.5 Å². The SMILES string of the molecule is C[Si](C)(C)c1ccccc1OS(=O)(=O)c1ccc([N+](=O)[O-])cc1. The van der Waals surface area contributed by atoms with Crippen LogP contribution in [-0.2, 0) is 10.1 Å². The summed E-state index contributed by atoms with van der Waals surface area (Å²) in [6.07, 6.45) is 0.